The third-order valence-corrected chi connectivity index (χ3v) is 7.35. The fourth-order valence-corrected chi connectivity index (χ4v) is 5.84. The average Bonchev–Trinajstić information content (AvgIpc) is 3.31. The van der Waals surface area contributed by atoms with Crippen LogP contribution in [0, 0.1) is 0 Å². The first kappa shape index (κ1) is 17.9. The Morgan fingerprint density at radius 3 is 2.89 bits per heavy atom. The molecule has 0 unspecified atom stereocenters. The van der Waals surface area contributed by atoms with E-state index >= 15 is 0 Å². The molecule has 28 heavy (non-hydrogen) atoms. The highest BCUT2D eigenvalue weighted by Crippen LogP contribution is 2.32. The van der Waals surface area contributed by atoms with E-state index in [1.54, 1.807) is 11.3 Å². The topological polar surface area (TPSA) is 50.5 Å². The van der Waals surface area contributed by atoms with Gasteiger partial charge in [-0.3, -0.25) is 9.20 Å². The largest absolute Gasteiger partial charge is 0.337 e. The highest BCUT2D eigenvalue weighted by Gasteiger charge is 2.29. The van der Waals surface area contributed by atoms with Crippen LogP contribution in [0.15, 0.2) is 30.5 Å². The molecule has 3 aromatic rings. The van der Waals surface area contributed by atoms with Crippen molar-refractivity contribution in [3.8, 4) is 0 Å². The van der Waals surface area contributed by atoms with Crippen LogP contribution in [0.3, 0.4) is 0 Å². The van der Waals surface area contributed by atoms with E-state index in [9.17, 15) is 4.79 Å². The molecule has 1 saturated heterocycles. The lowest BCUT2D eigenvalue weighted by Crippen LogP contribution is -2.39. The third kappa shape index (κ3) is 3.34. The Bertz CT molecular complexity index is 966. The molecule has 1 amide bonds. The van der Waals surface area contributed by atoms with Crippen LogP contribution in [0.4, 0.5) is 0 Å². The smallest absolute Gasteiger partial charge is 0.263 e. The molecule has 0 bridgehead atoms. The summed E-state index contributed by atoms with van der Waals surface area (Å²) in [5.74, 6) is 1.43. The monoisotopic (exact) mass is 394 g/mol. The Kier molecular flexibility index (Phi) is 4.89. The predicted octanol–water partition coefficient (Wildman–Crippen LogP) is 4.47. The molecule has 1 aliphatic heterocycles. The third-order valence-electron chi connectivity index (χ3n) is 6.12. The van der Waals surface area contributed by atoms with Crippen LogP contribution in [0.2, 0.25) is 0 Å². The van der Waals surface area contributed by atoms with Crippen LogP contribution in [-0.2, 0) is 12.8 Å². The Hall–Kier alpha value is -2.21. The van der Waals surface area contributed by atoms with E-state index < -0.39 is 0 Å². The van der Waals surface area contributed by atoms with Crippen molar-refractivity contribution < 1.29 is 4.79 Å². The Morgan fingerprint density at radius 1 is 1.07 bits per heavy atom. The molecule has 0 aromatic carbocycles. The second-order valence-electron chi connectivity index (χ2n) is 8.05. The summed E-state index contributed by atoms with van der Waals surface area (Å²) >= 11 is 1.74. The lowest BCUT2D eigenvalue weighted by Gasteiger charge is -2.31. The van der Waals surface area contributed by atoms with Crippen molar-refractivity contribution in [2.45, 2.75) is 57.3 Å². The van der Waals surface area contributed by atoms with Gasteiger partial charge in [0.1, 0.15) is 5.82 Å². The maximum atomic E-state index is 13.3. The van der Waals surface area contributed by atoms with Gasteiger partial charge < -0.3 is 4.90 Å². The van der Waals surface area contributed by atoms with E-state index in [4.69, 9.17) is 0 Å². The van der Waals surface area contributed by atoms with Crippen molar-refractivity contribution in [3.63, 3.8) is 0 Å². The number of rotatable bonds is 2. The molecule has 1 aliphatic carbocycles. The number of aryl methyl sites for hydroxylation is 2. The van der Waals surface area contributed by atoms with Crippen molar-refractivity contribution >= 4 is 22.9 Å². The lowest BCUT2D eigenvalue weighted by molar-refractivity contribution is 0.0709. The van der Waals surface area contributed by atoms with Crippen LogP contribution < -0.4 is 0 Å². The number of likely N-dealkylation sites (tertiary alicyclic amines) is 1. The first-order chi connectivity index (χ1) is 13.8. The number of carbonyl (C=O) groups is 1. The Morgan fingerprint density at radius 2 is 1.96 bits per heavy atom. The van der Waals surface area contributed by atoms with Gasteiger partial charge in [0.2, 0.25) is 0 Å². The van der Waals surface area contributed by atoms with Crippen molar-refractivity contribution in [1.29, 1.82) is 0 Å². The zero-order chi connectivity index (χ0) is 18.9. The van der Waals surface area contributed by atoms with Gasteiger partial charge in [0.25, 0.3) is 5.91 Å². The van der Waals surface area contributed by atoms with Gasteiger partial charge in [-0.25, -0.2) is 0 Å². The van der Waals surface area contributed by atoms with Gasteiger partial charge in [-0.1, -0.05) is 18.9 Å². The summed E-state index contributed by atoms with van der Waals surface area (Å²) < 4.78 is 2.06. The average molecular weight is 395 g/mol. The molecule has 4 heterocycles. The molecular weight excluding hydrogens is 368 g/mol. The minimum Gasteiger partial charge on any atom is -0.337 e. The summed E-state index contributed by atoms with van der Waals surface area (Å²) in [5, 5.41) is 8.73. The van der Waals surface area contributed by atoms with Gasteiger partial charge in [0.15, 0.2) is 5.65 Å². The number of thiophene rings is 1. The molecule has 146 valence electrons. The second kappa shape index (κ2) is 7.66. The molecule has 5 rings (SSSR count). The van der Waals surface area contributed by atoms with E-state index in [1.807, 2.05) is 29.3 Å². The molecule has 0 spiro atoms. The highest BCUT2D eigenvalue weighted by molar-refractivity contribution is 7.14. The number of hydrogen-bond acceptors (Lipinski definition) is 4. The molecule has 0 saturated carbocycles. The highest BCUT2D eigenvalue weighted by atomic mass is 32.1. The molecule has 0 N–H and O–H groups in total. The summed E-state index contributed by atoms with van der Waals surface area (Å²) in [6, 6.07) is 8.15. The molecule has 1 fully saturated rings. The molecule has 1 atom stereocenters. The first-order valence-corrected chi connectivity index (χ1v) is 11.3. The Labute approximate surface area is 169 Å². The number of aromatic nitrogens is 3. The van der Waals surface area contributed by atoms with Crippen LogP contribution >= 0.6 is 11.3 Å². The van der Waals surface area contributed by atoms with E-state index in [0.717, 1.165) is 55.1 Å². The molecule has 5 nitrogen and oxygen atoms in total. The van der Waals surface area contributed by atoms with Gasteiger partial charge in [-0.05, 0) is 62.3 Å². The number of hydrogen-bond donors (Lipinski definition) is 0. The van der Waals surface area contributed by atoms with Crippen molar-refractivity contribution in [3.05, 3.63) is 51.6 Å². The van der Waals surface area contributed by atoms with E-state index in [1.165, 1.54) is 36.1 Å². The minimum absolute atomic E-state index is 0.204. The molecule has 6 heteroatoms. The van der Waals surface area contributed by atoms with Gasteiger partial charge in [-0.2, -0.15) is 0 Å². The summed E-state index contributed by atoms with van der Waals surface area (Å²) in [5.41, 5.74) is 2.30. The normalized spacial score (nSPS) is 20.6. The molecule has 2 aliphatic rings. The minimum atomic E-state index is 0.204. The first-order valence-electron chi connectivity index (χ1n) is 10.5. The summed E-state index contributed by atoms with van der Waals surface area (Å²) in [7, 11) is 0. The number of piperidine rings is 1. The van der Waals surface area contributed by atoms with Crippen LogP contribution in [0.25, 0.3) is 5.65 Å². The van der Waals surface area contributed by atoms with E-state index in [0.29, 0.717) is 0 Å². The van der Waals surface area contributed by atoms with Gasteiger partial charge in [-0.15, -0.1) is 21.5 Å². The molecule has 3 aromatic heterocycles. The predicted molar refractivity (Wildman–Crippen MR) is 111 cm³/mol. The van der Waals surface area contributed by atoms with Crippen molar-refractivity contribution in [2.75, 3.05) is 13.1 Å². The summed E-state index contributed by atoms with van der Waals surface area (Å²) in [6.45, 7) is 1.58. The maximum Gasteiger partial charge on any atom is 0.263 e. The fourth-order valence-electron chi connectivity index (χ4n) is 4.62. The summed E-state index contributed by atoms with van der Waals surface area (Å²) in [6.07, 6.45) is 11.5. The molecule has 0 radical (unpaired) electrons. The number of amides is 1. The van der Waals surface area contributed by atoms with Crippen LogP contribution in [0.5, 0.6) is 0 Å². The SMILES string of the molecule is O=C(c1cc2c(s1)CCCCCC2)N1CCC[C@@H](c2nnc3ccccn23)C1. The van der Waals surface area contributed by atoms with Crippen molar-refractivity contribution in [1.82, 2.24) is 19.5 Å². The molecular formula is C22H26N4OS. The standard InChI is InChI=1S/C22H26N4OS/c27-22(19-14-16-8-3-1-2-4-10-18(16)28-19)25-12-7-9-17(15-25)21-24-23-20-11-5-6-13-26(20)21/h5-6,11,13-14,17H,1-4,7-10,12,15H2/t17-/m1/s1. The van der Waals surface area contributed by atoms with Gasteiger partial charge >= 0.3 is 0 Å². The van der Waals surface area contributed by atoms with E-state index in [2.05, 4.69) is 20.7 Å². The van der Waals surface area contributed by atoms with Crippen LogP contribution in [-0.4, -0.2) is 38.5 Å². The van der Waals surface area contributed by atoms with E-state index in [-0.39, 0.29) is 11.8 Å². The van der Waals surface area contributed by atoms with Crippen LogP contribution in [0.1, 0.15) is 70.4 Å². The quantitative estimate of drug-likeness (QED) is 0.644. The second-order valence-corrected chi connectivity index (χ2v) is 9.19. The number of carbonyl (C=O) groups excluding carboxylic acids is 1. The Balaban J connectivity index is 1.36. The number of nitrogens with zero attached hydrogens (tertiary/aromatic N) is 4. The maximum absolute atomic E-state index is 13.3. The zero-order valence-corrected chi connectivity index (χ0v) is 17.0. The number of pyridine rings is 1. The summed E-state index contributed by atoms with van der Waals surface area (Å²) in [4.78, 5) is 17.7. The van der Waals surface area contributed by atoms with Gasteiger partial charge in [0.05, 0.1) is 4.88 Å². The van der Waals surface area contributed by atoms with Crippen molar-refractivity contribution in [2.24, 2.45) is 0 Å². The zero-order valence-electron chi connectivity index (χ0n) is 16.1. The fraction of sp³-hybridized carbons (Fsp3) is 0.500. The number of fused-ring (bicyclic) bond motifs is 2. The van der Waals surface area contributed by atoms with Gasteiger partial charge in [0, 0.05) is 30.1 Å². The lowest BCUT2D eigenvalue weighted by atomic mass is 9.96.